The van der Waals surface area contributed by atoms with Crippen LogP contribution in [0.5, 0.6) is 0 Å². The summed E-state index contributed by atoms with van der Waals surface area (Å²) in [6, 6.07) is 0. The number of halogens is 2. The summed E-state index contributed by atoms with van der Waals surface area (Å²) in [5.41, 5.74) is 1.10. The van der Waals surface area contributed by atoms with Crippen LogP contribution in [0.2, 0.25) is 5.15 Å². The van der Waals surface area contributed by atoms with Gasteiger partial charge in [-0.3, -0.25) is 0 Å². The van der Waals surface area contributed by atoms with Crippen molar-refractivity contribution in [2.24, 2.45) is 5.92 Å². The predicted octanol–water partition coefficient (Wildman–Crippen LogP) is 5.23. The van der Waals surface area contributed by atoms with Gasteiger partial charge in [-0.05, 0) is 34.9 Å². The number of hydrogen-bond donors (Lipinski definition) is 0. The van der Waals surface area contributed by atoms with E-state index in [4.69, 9.17) is 16.6 Å². The van der Waals surface area contributed by atoms with Gasteiger partial charge in [0.1, 0.15) is 11.0 Å². The summed E-state index contributed by atoms with van der Waals surface area (Å²) in [5.74, 6) is 2.57. The molecule has 0 radical (unpaired) electrons. The van der Waals surface area contributed by atoms with Crippen molar-refractivity contribution in [1.82, 2.24) is 9.97 Å². The Morgan fingerprint density at radius 3 is 2.60 bits per heavy atom. The Bertz CT molecular complexity index is 484. The van der Waals surface area contributed by atoms with E-state index in [2.05, 4.69) is 55.3 Å². The molecule has 0 saturated carbocycles. The summed E-state index contributed by atoms with van der Waals surface area (Å²) in [4.78, 5) is 9.36. The molecule has 1 aromatic heterocycles. The molecule has 1 aromatic rings. The SMILES string of the molecule is CC(C)Cc1nc(C2CSC(C)C(C)S2)nc(Cl)c1I. The zero-order chi connectivity index (χ0) is 14.9. The lowest BCUT2D eigenvalue weighted by Crippen LogP contribution is -2.23. The fourth-order valence-electron chi connectivity index (χ4n) is 2.07. The smallest absolute Gasteiger partial charge is 0.146 e. The largest absolute Gasteiger partial charge is 0.235 e. The summed E-state index contributed by atoms with van der Waals surface area (Å²) in [7, 11) is 0. The zero-order valence-electron chi connectivity index (χ0n) is 12.2. The highest BCUT2D eigenvalue weighted by Crippen LogP contribution is 2.43. The number of rotatable bonds is 3. The number of nitrogens with zero attached hydrogens (tertiary/aromatic N) is 2. The number of aromatic nitrogens is 2. The van der Waals surface area contributed by atoms with Crippen LogP contribution in [0, 0.1) is 9.49 Å². The lowest BCUT2D eigenvalue weighted by molar-refractivity contribution is 0.627. The molecule has 2 rings (SSSR count). The molecule has 0 aliphatic carbocycles. The van der Waals surface area contributed by atoms with Crippen LogP contribution in [0.4, 0.5) is 0 Å². The van der Waals surface area contributed by atoms with Crippen molar-refractivity contribution in [1.29, 1.82) is 0 Å². The van der Waals surface area contributed by atoms with E-state index in [0.29, 0.717) is 26.8 Å². The molecule has 3 atom stereocenters. The summed E-state index contributed by atoms with van der Waals surface area (Å²) in [6.07, 6.45) is 0.962. The second kappa shape index (κ2) is 7.38. The molecule has 112 valence electrons. The van der Waals surface area contributed by atoms with Crippen LogP contribution in [0.15, 0.2) is 0 Å². The van der Waals surface area contributed by atoms with E-state index in [1.165, 1.54) is 0 Å². The standard InChI is InChI=1S/C14H20ClIN2S2/c1-7(2)5-10-12(16)13(15)18-14(17-10)11-6-19-8(3)9(4)20-11/h7-9,11H,5-6H2,1-4H3. The van der Waals surface area contributed by atoms with E-state index in [9.17, 15) is 0 Å². The molecule has 0 spiro atoms. The van der Waals surface area contributed by atoms with Gasteiger partial charge in [0.2, 0.25) is 0 Å². The normalized spacial score (nSPS) is 27.1. The topological polar surface area (TPSA) is 25.8 Å². The molecule has 0 aromatic carbocycles. The van der Waals surface area contributed by atoms with Crippen LogP contribution < -0.4 is 0 Å². The third-order valence-corrected chi connectivity index (χ3v) is 8.45. The van der Waals surface area contributed by atoms with Crippen molar-refractivity contribution in [2.45, 2.75) is 49.9 Å². The molecule has 1 saturated heterocycles. The third-order valence-electron chi connectivity index (χ3n) is 3.34. The molecule has 3 unspecified atom stereocenters. The fourth-order valence-corrected chi connectivity index (χ4v) is 5.57. The molecule has 2 nitrogen and oxygen atoms in total. The van der Waals surface area contributed by atoms with Gasteiger partial charge in [0.05, 0.1) is 14.5 Å². The van der Waals surface area contributed by atoms with Crippen LogP contribution in [-0.2, 0) is 6.42 Å². The van der Waals surface area contributed by atoms with Gasteiger partial charge in [0, 0.05) is 16.3 Å². The van der Waals surface area contributed by atoms with Crippen molar-refractivity contribution in [3.05, 3.63) is 20.2 Å². The average molecular weight is 443 g/mol. The summed E-state index contributed by atoms with van der Waals surface area (Å²) in [6.45, 7) is 9.00. The molecular formula is C14H20ClIN2S2. The molecule has 0 N–H and O–H groups in total. The van der Waals surface area contributed by atoms with Gasteiger partial charge in [0.15, 0.2) is 0 Å². The minimum atomic E-state index is 0.367. The van der Waals surface area contributed by atoms with Crippen LogP contribution >= 0.6 is 57.7 Å². The molecule has 0 bridgehead atoms. The zero-order valence-corrected chi connectivity index (χ0v) is 16.7. The van der Waals surface area contributed by atoms with E-state index >= 15 is 0 Å². The van der Waals surface area contributed by atoms with Crippen LogP contribution in [0.3, 0.4) is 0 Å². The van der Waals surface area contributed by atoms with Crippen molar-refractivity contribution in [3.8, 4) is 0 Å². The lowest BCUT2D eigenvalue weighted by Gasteiger charge is -2.30. The minimum absolute atomic E-state index is 0.367. The van der Waals surface area contributed by atoms with Crippen LogP contribution in [0.25, 0.3) is 0 Å². The van der Waals surface area contributed by atoms with E-state index in [0.717, 1.165) is 27.3 Å². The Kier molecular flexibility index (Phi) is 6.33. The quantitative estimate of drug-likeness (QED) is 0.473. The second-order valence-electron chi connectivity index (χ2n) is 5.60. The van der Waals surface area contributed by atoms with Crippen molar-refractivity contribution >= 4 is 57.7 Å². The molecule has 2 heterocycles. The Morgan fingerprint density at radius 1 is 1.30 bits per heavy atom. The van der Waals surface area contributed by atoms with E-state index in [-0.39, 0.29) is 0 Å². The van der Waals surface area contributed by atoms with Crippen LogP contribution in [-0.4, -0.2) is 26.2 Å². The highest BCUT2D eigenvalue weighted by molar-refractivity contribution is 14.1. The monoisotopic (exact) mass is 442 g/mol. The Labute approximate surface area is 148 Å². The first-order valence-electron chi connectivity index (χ1n) is 6.87. The summed E-state index contributed by atoms with van der Waals surface area (Å²) in [5, 5.41) is 2.31. The number of thioether (sulfide) groups is 2. The summed E-state index contributed by atoms with van der Waals surface area (Å²) >= 11 is 12.6. The molecule has 1 fully saturated rings. The van der Waals surface area contributed by atoms with E-state index in [1.807, 2.05) is 23.5 Å². The molecule has 1 aliphatic heterocycles. The molecule has 1 aliphatic rings. The molecule has 6 heteroatoms. The van der Waals surface area contributed by atoms with Gasteiger partial charge >= 0.3 is 0 Å². The highest BCUT2D eigenvalue weighted by Gasteiger charge is 2.29. The van der Waals surface area contributed by atoms with Gasteiger partial charge in [-0.25, -0.2) is 9.97 Å². The highest BCUT2D eigenvalue weighted by atomic mass is 127. The van der Waals surface area contributed by atoms with Gasteiger partial charge in [-0.1, -0.05) is 39.3 Å². The maximum Gasteiger partial charge on any atom is 0.146 e. The second-order valence-corrected chi connectivity index (χ2v) is 10.0. The van der Waals surface area contributed by atoms with Crippen LogP contribution in [0.1, 0.15) is 44.5 Å². The first kappa shape index (κ1) is 17.2. The summed E-state index contributed by atoms with van der Waals surface area (Å²) < 4.78 is 1.01. The average Bonchev–Trinajstić information content (AvgIpc) is 2.37. The lowest BCUT2D eigenvalue weighted by atomic mass is 10.1. The van der Waals surface area contributed by atoms with Crippen molar-refractivity contribution < 1.29 is 0 Å². The third kappa shape index (κ3) is 4.17. The first-order chi connectivity index (χ1) is 9.38. The van der Waals surface area contributed by atoms with Crippen molar-refractivity contribution in [3.63, 3.8) is 0 Å². The van der Waals surface area contributed by atoms with Gasteiger partial charge in [-0.2, -0.15) is 11.8 Å². The predicted molar refractivity (Wildman–Crippen MR) is 100 cm³/mol. The van der Waals surface area contributed by atoms with Gasteiger partial charge in [-0.15, -0.1) is 11.8 Å². The maximum atomic E-state index is 6.31. The Morgan fingerprint density at radius 2 is 2.00 bits per heavy atom. The first-order valence-corrected chi connectivity index (χ1v) is 10.3. The Hall–Kier alpha value is 0.800. The molecule has 20 heavy (non-hydrogen) atoms. The van der Waals surface area contributed by atoms with Gasteiger partial charge in [0.25, 0.3) is 0 Å². The molecular weight excluding hydrogens is 423 g/mol. The number of hydrogen-bond acceptors (Lipinski definition) is 4. The van der Waals surface area contributed by atoms with Crippen molar-refractivity contribution in [2.75, 3.05) is 5.75 Å². The maximum absolute atomic E-state index is 6.31. The van der Waals surface area contributed by atoms with E-state index < -0.39 is 0 Å². The fraction of sp³-hybridized carbons (Fsp3) is 0.714. The van der Waals surface area contributed by atoms with Gasteiger partial charge < -0.3 is 0 Å². The molecule has 0 amide bonds. The minimum Gasteiger partial charge on any atom is -0.235 e. The Balaban J connectivity index is 2.26. The van der Waals surface area contributed by atoms with E-state index in [1.54, 1.807) is 0 Å².